The minimum absolute atomic E-state index is 0.119. The molecular formula is C15H31N3O2S. The maximum Gasteiger partial charge on any atom is 0.211 e. The Labute approximate surface area is 129 Å². The van der Waals surface area contributed by atoms with Gasteiger partial charge in [-0.15, -0.1) is 0 Å². The fraction of sp³-hybridized carbons (Fsp3) is 1.00. The minimum Gasteiger partial charge on any atom is -0.329 e. The van der Waals surface area contributed by atoms with Crippen LogP contribution in [-0.2, 0) is 10.0 Å². The first-order valence-electron chi connectivity index (χ1n) is 8.31. The maximum atomic E-state index is 11.6. The van der Waals surface area contributed by atoms with Crippen molar-refractivity contribution < 1.29 is 8.42 Å². The predicted molar refractivity (Wildman–Crippen MR) is 86.6 cm³/mol. The largest absolute Gasteiger partial charge is 0.329 e. The zero-order chi connectivity index (χ0) is 15.5. The van der Waals surface area contributed by atoms with Crippen molar-refractivity contribution in [1.29, 1.82) is 0 Å². The van der Waals surface area contributed by atoms with Crippen LogP contribution in [0.5, 0.6) is 0 Å². The van der Waals surface area contributed by atoms with Gasteiger partial charge in [0.15, 0.2) is 0 Å². The first kappa shape index (κ1) is 17.2. The molecule has 2 aliphatic rings. The van der Waals surface area contributed by atoms with Crippen LogP contribution in [-0.4, -0.2) is 62.1 Å². The molecule has 124 valence electrons. The van der Waals surface area contributed by atoms with Crippen molar-refractivity contribution in [1.82, 2.24) is 9.21 Å². The third-order valence-corrected chi connectivity index (χ3v) is 6.79. The van der Waals surface area contributed by atoms with Gasteiger partial charge in [0, 0.05) is 38.3 Å². The van der Waals surface area contributed by atoms with Crippen LogP contribution in [0.1, 0.15) is 45.4 Å². The molecule has 0 bridgehead atoms. The molecule has 0 atom stereocenters. The van der Waals surface area contributed by atoms with Gasteiger partial charge >= 0.3 is 0 Å². The van der Waals surface area contributed by atoms with Crippen molar-refractivity contribution in [2.45, 2.75) is 51.0 Å². The monoisotopic (exact) mass is 317 g/mol. The van der Waals surface area contributed by atoms with Crippen LogP contribution in [0.2, 0.25) is 0 Å². The van der Waals surface area contributed by atoms with Crippen LogP contribution in [0.3, 0.4) is 0 Å². The molecule has 21 heavy (non-hydrogen) atoms. The highest BCUT2D eigenvalue weighted by Gasteiger charge is 2.40. The summed E-state index contributed by atoms with van der Waals surface area (Å²) < 4.78 is 24.8. The van der Waals surface area contributed by atoms with E-state index in [-0.39, 0.29) is 5.54 Å². The first-order valence-corrected chi connectivity index (χ1v) is 10.2. The number of nitrogens with two attached hydrogens (primary N) is 1. The number of nitrogens with zero attached hydrogens (tertiary/aromatic N) is 2. The van der Waals surface area contributed by atoms with E-state index < -0.39 is 10.0 Å². The van der Waals surface area contributed by atoms with E-state index in [1.165, 1.54) is 44.8 Å². The lowest BCUT2D eigenvalue weighted by molar-refractivity contribution is 0.0181. The van der Waals surface area contributed by atoms with Crippen molar-refractivity contribution >= 4 is 10.0 Å². The summed E-state index contributed by atoms with van der Waals surface area (Å²) in [4.78, 5) is 2.47. The molecule has 5 nitrogen and oxygen atoms in total. The van der Waals surface area contributed by atoms with Gasteiger partial charge < -0.3 is 5.73 Å². The normalized spacial score (nSPS) is 33.2. The smallest absolute Gasteiger partial charge is 0.211 e. The summed E-state index contributed by atoms with van der Waals surface area (Å²) in [6.45, 7) is 5.82. The average molecular weight is 317 g/mol. The Morgan fingerprint density at radius 2 is 1.71 bits per heavy atom. The second-order valence-electron chi connectivity index (χ2n) is 6.81. The maximum absolute atomic E-state index is 11.6. The fourth-order valence-corrected chi connectivity index (χ4v) is 4.88. The van der Waals surface area contributed by atoms with Gasteiger partial charge in [0.05, 0.1) is 6.26 Å². The van der Waals surface area contributed by atoms with Crippen LogP contribution in [0.15, 0.2) is 0 Å². The summed E-state index contributed by atoms with van der Waals surface area (Å²) in [7, 11) is -3.05. The van der Waals surface area contributed by atoms with E-state index in [2.05, 4.69) is 11.8 Å². The molecule has 1 saturated heterocycles. The molecule has 0 radical (unpaired) electrons. The summed E-state index contributed by atoms with van der Waals surface area (Å²) in [6, 6.07) is 0. The molecule has 2 rings (SSSR count). The number of sulfonamides is 1. The van der Waals surface area contributed by atoms with Crippen LogP contribution in [0, 0.1) is 5.92 Å². The van der Waals surface area contributed by atoms with E-state index >= 15 is 0 Å². The highest BCUT2D eigenvalue weighted by atomic mass is 32.2. The number of hydrogen-bond acceptors (Lipinski definition) is 4. The summed E-state index contributed by atoms with van der Waals surface area (Å²) in [5.74, 6) is 0.868. The van der Waals surface area contributed by atoms with Gasteiger partial charge in [0.25, 0.3) is 0 Å². The van der Waals surface area contributed by atoms with E-state index in [1.54, 1.807) is 4.31 Å². The van der Waals surface area contributed by atoms with Gasteiger partial charge in [-0.1, -0.05) is 19.8 Å². The molecule has 0 aromatic heterocycles. The standard InChI is InChI=1S/C15H31N3O2S/c1-3-4-14-5-7-15(13-16,8-6-14)17-9-11-18(12-10-17)21(2,19)20/h14H,3-13,16H2,1-2H3. The Balaban J connectivity index is 1.94. The molecule has 0 aromatic rings. The summed E-state index contributed by atoms with van der Waals surface area (Å²) in [5.41, 5.74) is 6.25. The topological polar surface area (TPSA) is 66.6 Å². The third kappa shape index (κ3) is 3.97. The second-order valence-corrected chi connectivity index (χ2v) is 8.79. The molecule has 0 amide bonds. The minimum atomic E-state index is -3.05. The van der Waals surface area contributed by atoms with E-state index in [0.29, 0.717) is 19.6 Å². The van der Waals surface area contributed by atoms with Gasteiger partial charge in [-0.3, -0.25) is 4.90 Å². The summed E-state index contributed by atoms with van der Waals surface area (Å²) in [6.07, 6.45) is 8.81. The first-order chi connectivity index (χ1) is 9.91. The van der Waals surface area contributed by atoms with Crippen molar-refractivity contribution in [3.63, 3.8) is 0 Å². The highest BCUT2D eigenvalue weighted by Crippen LogP contribution is 2.38. The van der Waals surface area contributed by atoms with Gasteiger partial charge in [-0.25, -0.2) is 8.42 Å². The molecular weight excluding hydrogens is 286 g/mol. The van der Waals surface area contributed by atoms with Crippen LogP contribution in [0.25, 0.3) is 0 Å². The SMILES string of the molecule is CCCC1CCC(CN)(N2CCN(S(C)(=O)=O)CC2)CC1. The Bertz CT molecular complexity index is 422. The lowest BCUT2D eigenvalue weighted by Crippen LogP contribution is -2.61. The predicted octanol–water partition coefficient (Wildman–Crippen LogP) is 1.25. The van der Waals surface area contributed by atoms with Gasteiger partial charge in [0.2, 0.25) is 10.0 Å². The third-order valence-electron chi connectivity index (χ3n) is 5.49. The van der Waals surface area contributed by atoms with Gasteiger partial charge in [-0.05, 0) is 31.6 Å². The molecule has 1 saturated carbocycles. The molecule has 6 heteroatoms. The van der Waals surface area contributed by atoms with Gasteiger partial charge in [0.1, 0.15) is 0 Å². The zero-order valence-electron chi connectivity index (χ0n) is 13.6. The van der Waals surface area contributed by atoms with E-state index in [4.69, 9.17) is 5.73 Å². The average Bonchev–Trinajstić information content (AvgIpc) is 2.48. The molecule has 2 N–H and O–H groups in total. The summed E-state index contributed by atoms with van der Waals surface area (Å²) in [5, 5.41) is 0. The Kier molecular flexibility index (Phi) is 5.68. The molecule has 0 unspecified atom stereocenters. The summed E-state index contributed by atoms with van der Waals surface area (Å²) >= 11 is 0. The Morgan fingerprint density at radius 1 is 1.14 bits per heavy atom. The lowest BCUT2D eigenvalue weighted by Gasteiger charge is -2.50. The van der Waals surface area contributed by atoms with Crippen LogP contribution in [0.4, 0.5) is 0 Å². The number of rotatable bonds is 5. The lowest BCUT2D eigenvalue weighted by atomic mass is 9.74. The van der Waals surface area contributed by atoms with E-state index in [0.717, 1.165) is 19.0 Å². The molecule has 1 heterocycles. The number of hydrogen-bond donors (Lipinski definition) is 1. The second kappa shape index (κ2) is 6.94. The van der Waals surface area contributed by atoms with Crippen molar-refractivity contribution in [3.8, 4) is 0 Å². The molecule has 0 spiro atoms. The number of piperazine rings is 1. The van der Waals surface area contributed by atoms with Crippen LogP contribution >= 0.6 is 0 Å². The van der Waals surface area contributed by atoms with Crippen molar-refractivity contribution in [2.75, 3.05) is 39.0 Å². The van der Waals surface area contributed by atoms with E-state index in [9.17, 15) is 8.42 Å². The fourth-order valence-electron chi connectivity index (χ4n) is 4.06. The van der Waals surface area contributed by atoms with Gasteiger partial charge in [-0.2, -0.15) is 4.31 Å². The Hall–Kier alpha value is -0.170. The molecule has 1 aliphatic carbocycles. The molecule has 1 aliphatic heterocycles. The molecule has 0 aromatic carbocycles. The van der Waals surface area contributed by atoms with Crippen molar-refractivity contribution in [3.05, 3.63) is 0 Å². The molecule has 2 fully saturated rings. The highest BCUT2D eigenvalue weighted by molar-refractivity contribution is 7.88. The Morgan fingerprint density at radius 3 is 2.14 bits per heavy atom. The van der Waals surface area contributed by atoms with Crippen molar-refractivity contribution in [2.24, 2.45) is 11.7 Å². The van der Waals surface area contributed by atoms with Crippen LogP contribution < -0.4 is 5.73 Å². The van der Waals surface area contributed by atoms with E-state index in [1.807, 2.05) is 0 Å². The zero-order valence-corrected chi connectivity index (χ0v) is 14.4. The quantitative estimate of drug-likeness (QED) is 0.829.